The lowest BCUT2D eigenvalue weighted by atomic mass is 9.99. The van der Waals surface area contributed by atoms with Crippen molar-refractivity contribution in [2.24, 2.45) is 5.73 Å². The Morgan fingerprint density at radius 2 is 1.81 bits per heavy atom. The number of halogens is 2. The van der Waals surface area contributed by atoms with Crippen molar-refractivity contribution in [1.29, 1.82) is 0 Å². The average molecular weight is 628 g/mol. The molecule has 2 aromatic rings. The van der Waals surface area contributed by atoms with Gasteiger partial charge in [-0.05, 0) is 54.8 Å². The number of nitrogens with two attached hydrogens (primary N) is 1. The van der Waals surface area contributed by atoms with Crippen molar-refractivity contribution >= 4 is 52.8 Å². The zero-order valence-electron chi connectivity index (χ0n) is 22.4. The number of carbonyl (C=O) groups excluding carboxylic acids is 4. The molecule has 2 unspecified atom stereocenters. The van der Waals surface area contributed by atoms with Crippen LogP contribution < -0.4 is 16.4 Å². The topological polar surface area (TPSA) is 182 Å². The van der Waals surface area contributed by atoms with E-state index in [0.717, 1.165) is 22.7 Å². The smallest absolute Gasteiger partial charge is 0.351 e. The van der Waals surface area contributed by atoms with Gasteiger partial charge in [0, 0.05) is 17.3 Å². The maximum Gasteiger partial charge on any atom is 0.363 e. The van der Waals surface area contributed by atoms with Crippen LogP contribution in [0.5, 0.6) is 0 Å². The summed E-state index contributed by atoms with van der Waals surface area (Å²) in [6, 6.07) is 1.80. The lowest BCUT2D eigenvalue weighted by Crippen LogP contribution is -2.57. The van der Waals surface area contributed by atoms with Gasteiger partial charge in [0.2, 0.25) is 17.7 Å². The lowest BCUT2D eigenvalue weighted by Gasteiger charge is -2.35. The SMILES string of the molecule is NC(=O)N1CC(NC(=O)[C@@H]2CC[C@@H]3CCCC[C@H](NC(=O)c4cc5cc(C(F)P(=O)(O)O)ccc5s4)C(=O)N32)[C@@H](F)C1. The van der Waals surface area contributed by atoms with Crippen LogP contribution in [0.1, 0.15) is 59.7 Å². The van der Waals surface area contributed by atoms with Crippen molar-refractivity contribution in [2.45, 2.75) is 74.8 Å². The molecule has 6 N–H and O–H groups in total. The summed E-state index contributed by atoms with van der Waals surface area (Å²) in [6.07, 6.45) is 2.00. The Hall–Kier alpha value is -3.13. The van der Waals surface area contributed by atoms with Gasteiger partial charge in [-0.15, -0.1) is 11.3 Å². The first kappa shape index (κ1) is 30.3. The number of hydrogen-bond donors (Lipinski definition) is 5. The number of fused-ring (bicyclic) bond motifs is 2. The van der Waals surface area contributed by atoms with Crippen LogP contribution >= 0.6 is 18.9 Å². The first-order chi connectivity index (χ1) is 19.8. The maximum absolute atomic E-state index is 14.5. The third-order valence-corrected chi connectivity index (χ3v) is 10.2. The molecule has 1 aromatic carbocycles. The maximum atomic E-state index is 14.5. The molecule has 16 heteroatoms. The summed E-state index contributed by atoms with van der Waals surface area (Å²) < 4.78 is 40.6. The van der Waals surface area contributed by atoms with Crippen LogP contribution in [0.3, 0.4) is 0 Å². The second-order valence-corrected chi connectivity index (χ2v) is 13.7. The van der Waals surface area contributed by atoms with E-state index >= 15 is 0 Å². The van der Waals surface area contributed by atoms with Gasteiger partial charge in [0.15, 0.2) is 0 Å². The van der Waals surface area contributed by atoms with E-state index in [1.54, 1.807) is 0 Å². The molecule has 5 rings (SSSR count). The fourth-order valence-corrected chi connectivity index (χ4v) is 7.52. The Bertz CT molecular complexity index is 1450. The number of hydrogen-bond acceptors (Lipinski definition) is 6. The summed E-state index contributed by atoms with van der Waals surface area (Å²) in [5.41, 5.74) is 5.03. The summed E-state index contributed by atoms with van der Waals surface area (Å²) in [4.78, 5) is 72.8. The molecule has 0 bridgehead atoms. The molecule has 42 heavy (non-hydrogen) atoms. The van der Waals surface area contributed by atoms with Gasteiger partial charge in [0.05, 0.1) is 17.5 Å². The number of primary amides is 1. The number of alkyl halides is 2. The van der Waals surface area contributed by atoms with Crippen LogP contribution in [0.25, 0.3) is 10.1 Å². The molecule has 3 fully saturated rings. The van der Waals surface area contributed by atoms with Crippen LogP contribution in [0.15, 0.2) is 24.3 Å². The van der Waals surface area contributed by atoms with E-state index in [-0.39, 0.29) is 29.6 Å². The van der Waals surface area contributed by atoms with Crippen LogP contribution in [0.4, 0.5) is 13.6 Å². The molecule has 1 aromatic heterocycles. The highest BCUT2D eigenvalue weighted by Crippen LogP contribution is 2.53. The fourth-order valence-electron chi connectivity index (χ4n) is 6.03. The van der Waals surface area contributed by atoms with Crippen LogP contribution in [-0.4, -0.2) is 86.8 Å². The van der Waals surface area contributed by atoms with Crippen molar-refractivity contribution in [2.75, 3.05) is 13.1 Å². The molecular formula is C26H32F2N5O7PS. The number of carbonyl (C=O) groups is 4. The molecule has 0 radical (unpaired) electrons. The standard InChI is InChI=1S/C26H32F2N5O7PS/c27-16-11-32(26(29)37)12-18(16)31-23(34)19-7-6-15-3-1-2-4-17(25(36)33(15)19)30-24(35)21-10-14-9-13(5-8-20(14)42-21)22(28)41(38,39)40/h5,8-10,15-19,22H,1-4,6-7,11-12H2,(H2,29,37)(H,30,35)(H,31,34)(H2,38,39,40)/t15-,16-,17-,18?,19-,22?/m0/s1. The molecule has 0 aliphatic carbocycles. The van der Waals surface area contributed by atoms with Gasteiger partial charge in [-0.3, -0.25) is 18.9 Å². The summed E-state index contributed by atoms with van der Waals surface area (Å²) >= 11 is 1.09. The van der Waals surface area contributed by atoms with Crippen molar-refractivity contribution < 1.29 is 42.3 Å². The molecule has 4 heterocycles. The van der Waals surface area contributed by atoms with Crippen LogP contribution in [0, 0.1) is 0 Å². The number of amides is 5. The summed E-state index contributed by atoms with van der Waals surface area (Å²) in [7, 11) is -5.00. The highest BCUT2D eigenvalue weighted by Gasteiger charge is 2.45. The van der Waals surface area contributed by atoms with Gasteiger partial charge in [-0.2, -0.15) is 0 Å². The van der Waals surface area contributed by atoms with Gasteiger partial charge < -0.3 is 36.0 Å². The lowest BCUT2D eigenvalue weighted by molar-refractivity contribution is -0.143. The Kier molecular flexibility index (Phi) is 8.57. The minimum Gasteiger partial charge on any atom is -0.351 e. The van der Waals surface area contributed by atoms with Crippen LogP contribution in [-0.2, 0) is 14.2 Å². The zero-order chi connectivity index (χ0) is 30.3. The van der Waals surface area contributed by atoms with Gasteiger partial charge in [0.25, 0.3) is 5.91 Å². The number of nitrogens with one attached hydrogen (secondary N) is 2. The summed E-state index contributed by atoms with van der Waals surface area (Å²) in [5.74, 6) is -3.95. The third kappa shape index (κ3) is 6.14. The Labute approximate surface area is 243 Å². The van der Waals surface area contributed by atoms with E-state index in [1.807, 2.05) is 0 Å². The molecule has 12 nitrogen and oxygen atoms in total. The number of rotatable bonds is 6. The Morgan fingerprint density at radius 1 is 1.07 bits per heavy atom. The van der Waals surface area contributed by atoms with E-state index in [1.165, 1.54) is 29.2 Å². The van der Waals surface area contributed by atoms with Crippen molar-refractivity contribution in [3.05, 3.63) is 34.7 Å². The van der Waals surface area contributed by atoms with E-state index < -0.39 is 61.6 Å². The predicted molar refractivity (Wildman–Crippen MR) is 149 cm³/mol. The number of urea groups is 1. The number of likely N-dealkylation sites (tertiary alicyclic amines) is 1. The predicted octanol–water partition coefficient (Wildman–Crippen LogP) is 2.30. The number of thiophene rings is 1. The van der Waals surface area contributed by atoms with Gasteiger partial charge in [-0.1, -0.05) is 18.9 Å². The van der Waals surface area contributed by atoms with Gasteiger partial charge >= 0.3 is 13.6 Å². The normalized spacial score (nSPS) is 27.3. The van der Waals surface area contributed by atoms with E-state index in [2.05, 4.69) is 10.6 Å². The fraction of sp³-hybridized carbons (Fsp3) is 0.538. The van der Waals surface area contributed by atoms with Crippen molar-refractivity contribution in [3.8, 4) is 0 Å². The zero-order valence-corrected chi connectivity index (χ0v) is 24.2. The second kappa shape index (κ2) is 11.9. The van der Waals surface area contributed by atoms with E-state index in [0.29, 0.717) is 42.2 Å². The largest absolute Gasteiger partial charge is 0.363 e. The molecule has 228 valence electrons. The molecule has 3 aliphatic heterocycles. The van der Waals surface area contributed by atoms with E-state index in [4.69, 9.17) is 15.5 Å². The van der Waals surface area contributed by atoms with Crippen molar-refractivity contribution in [1.82, 2.24) is 20.4 Å². The molecule has 0 saturated carbocycles. The first-order valence-electron chi connectivity index (χ1n) is 13.7. The average Bonchev–Trinajstić information content (AvgIpc) is 3.64. The second-order valence-electron chi connectivity index (χ2n) is 11.0. The minimum absolute atomic E-state index is 0.0625. The molecule has 3 saturated heterocycles. The quantitative estimate of drug-likeness (QED) is 0.305. The highest BCUT2D eigenvalue weighted by molar-refractivity contribution is 7.51. The molecule has 5 amide bonds. The van der Waals surface area contributed by atoms with Gasteiger partial charge in [0.1, 0.15) is 18.3 Å². The molecule has 6 atom stereocenters. The molecule has 3 aliphatic rings. The third-order valence-electron chi connectivity index (χ3n) is 8.17. The van der Waals surface area contributed by atoms with Gasteiger partial charge in [-0.25, -0.2) is 13.6 Å². The minimum atomic E-state index is -5.00. The van der Waals surface area contributed by atoms with Crippen LogP contribution in [0.2, 0.25) is 0 Å². The Balaban J connectivity index is 1.30. The summed E-state index contributed by atoms with van der Waals surface area (Å²) in [6.45, 7) is -0.283. The monoisotopic (exact) mass is 627 g/mol. The van der Waals surface area contributed by atoms with Crippen molar-refractivity contribution in [3.63, 3.8) is 0 Å². The highest BCUT2D eigenvalue weighted by atomic mass is 32.1. The van der Waals surface area contributed by atoms with E-state index in [9.17, 15) is 32.5 Å². The number of nitrogens with zero attached hydrogens (tertiary/aromatic N) is 2. The molecular weight excluding hydrogens is 595 g/mol. The Morgan fingerprint density at radius 3 is 2.50 bits per heavy atom. The number of benzene rings is 1. The first-order valence-corrected chi connectivity index (χ1v) is 16.2. The molecule has 0 spiro atoms. The summed E-state index contributed by atoms with van der Waals surface area (Å²) in [5, 5.41) is 5.85.